The number of rotatable bonds is 0. The summed E-state index contributed by atoms with van der Waals surface area (Å²) in [6.07, 6.45) is 5.85. The zero-order chi connectivity index (χ0) is 8.27. The molecule has 0 aromatic carbocycles. The first kappa shape index (κ1) is 8.11. The van der Waals surface area contributed by atoms with E-state index in [1.807, 2.05) is 0 Å². The van der Waals surface area contributed by atoms with E-state index in [0.29, 0.717) is 0 Å². The SMILES string of the molecule is C1=C2CCC(C1)C2.O=C([O-])[O-]. The molecule has 1 fully saturated rings. The highest BCUT2D eigenvalue weighted by atomic mass is 16.6. The summed E-state index contributed by atoms with van der Waals surface area (Å²) in [5.74, 6) is 1.08. The molecule has 1 atom stereocenters. The van der Waals surface area contributed by atoms with Gasteiger partial charge in [0.05, 0.1) is 0 Å². The molecule has 1 saturated carbocycles. The Balaban J connectivity index is 0.000000134. The van der Waals surface area contributed by atoms with Crippen molar-refractivity contribution in [2.75, 3.05) is 0 Å². The van der Waals surface area contributed by atoms with Crippen LogP contribution in [0.1, 0.15) is 25.7 Å². The summed E-state index contributed by atoms with van der Waals surface area (Å²) in [6.45, 7) is 0. The van der Waals surface area contributed by atoms with Crippen LogP contribution in [0.3, 0.4) is 0 Å². The van der Waals surface area contributed by atoms with Gasteiger partial charge in [0, 0.05) is 0 Å². The van der Waals surface area contributed by atoms with Crippen LogP contribution in [0.4, 0.5) is 4.79 Å². The van der Waals surface area contributed by atoms with E-state index >= 15 is 0 Å². The molecular weight excluding hydrogens is 144 g/mol. The number of hydrogen-bond donors (Lipinski definition) is 0. The fourth-order valence-electron chi connectivity index (χ4n) is 1.68. The number of fused-ring (bicyclic) bond motifs is 2. The van der Waals surface area contributed by atoms with Crippen LogP contribution >= 0.6 is 0 Å². The smallest absolute Gasteiger partial charge is 0.0289 e. The van der Waals surface area contributed by atoms with Crippen molar-refractivity contribution >= 4 is 6.16 Å². The van der Waals surface area contributed by atoms with E-state index in [1.54, 1.807) is 5.57 Å². The third kappa shape index (κ3) is 2.62. The second-order valence-electron chi connectivity index (χ2n) is 2.96. The average molecular weight is 154 g/mol. The van der Waals surface area contributed by atoms with E-state index in [0.717, 1.165) is 5.92 Å². The molecular formula is C8H10O3-2. The lowest BCUT2D eigenvalue weighted by Gasteiger charge is -1.98. The van der Waals surface area contributed by atoms with Gasteiger partial charge in [0.15, 0.2) is 0 Å². The highest BCUT2D eigenvalue weighted by Gasteiger charge is 2.22. The molecule has 0 radical (unpaired) electrons. The van der Waals surface area contributed by atoms with E-state index in [-0.39, 0.29) is 0 Å². The van der Waals surface area contributed by atoms with Gasteiger partial charge in [0.2, 0.25) is 0 Å². The molecule has 0 saturated heterocycles. The van der Waals surface area contributed by atoms with Crippen molar-refractivity contribution < 1.29 is 15.0 Å². The minimum absolute atomic E-state index is 1.08. The van der Waals surface area contributed by atoms with Crippen molar-refractivity contribution in [3.63, 3.8) is 0 Å². The van der Waals surface area contributed by atoms with E-state index in [1.165, 1.54) is 25.7 Å². The van der Waals surface area contributed by atoms with Crippen molar-refractivity contribution in [3.05, 3.63) is 11.6 Å². The summed E-state index contributed by atoms with van der Waals surface area (Å²) in [5.41, 5.74) is 1.74. The van der Waals surface area contributed by atoms with Crippen LogP contribution in [-0.2, 0) is 0 Å². The summed E-state index contributed by atoms with van der Waals surface area (Å²) in [7, 11) is 0. The first-order valence-electron chi connectivity index (χ1n) is 3.74. The molecule has 0 aromatic heterocycles. The lowest BCUT2D eigenvalue weighted by Crippen LogP contribution is -2.37. The maximum atomic E-state index is 8.33. The molecule has 1 unspecified atom stereocenters. The highest BCUT2D eigenvalue weighted by molar-refractivity contribution is 5.47. The molecule has 2 rings (SSSR count). The Morgan fingerprint density at radius 3 is 2.27 bits per heavy atom. The Labute approximate surface area is 65.3 Å². The van der Waals surface area contributed by atoms with Crippen LogP contribution in [0.15, 0.2) is 11.6 Å². The fraction of sp³-hybridized carbons (Fsp3) is 0.625. The summed E-state index contributed by atoms with van der Waals surface area (Å²) < 4.78 is 0. The molecule has 0 N–H and O–H groups in total. The molecule has 0 amide bonds. The number of carbonyl (C=O) groups excluding carboxylic acids is 1. The summed E-state index contributed by atoms with van der Waals surface area (Å²) in [5, 5.41) is 16.7. The minimum atomic E-state index is -2.33. The van der Waals surface area contributed by atoms with Crippen LogP contribution in [-0.4, -0.2) is 6.16 Å². The number of allylic oxidation sites excluding steroid dienone is 2. The second kappa shape index (κ2) is 3.42. The standard InChI is InChI=1S/C7H10.CH2O3/c1-2-7-4-3-6(1)5-7;2-1(3)4/h1,7H,2-5H2;(H2,2,3,4)/p-2. The van der Waals surface area contributed by atoms with Gasteiger partial charge >= 0.3 is 0 Å². The predicted molar refractivity (Wildman–Crippen MR) is 35.4 cm³/mol. The first-order chi connectivity index (χ1) is 5.18. The van der Waals surface area contributed by atoms with E-state index < -0.39 is 6.16 Å². The third-order valence-electron chi connectivity index (χ3n) is 2.16. The van der Waals surface area contributed by atoms with Crippen LogP contribution in [0.25, 0.3) is 0 Å². The normalized spacial score (nSPS) is 25.5. The molecule has 62 valence electrons. The Morgan fingerprint density at radius 2 is 2.18 bits per heavy atom. The molecule has 3 nitrogen and oxygen atoms in total. The van der Waals surface area contributed by atoms with Gasteiger partial charge in [-0.15, -0.1) is 0 Å². The van der Waals surface area contributed by atoms with Gasteiger partial charge in [0.25, 0.3) is 0 Å². The van der Waals surface area contributed by atoms with Crippen LogP contribution in [0.5, 0.6) is 0 Å². The van der Waals surface area contributed by atoms with Crippen LogP contribution in [0.2, 0.25) is 0 Å². The Hall–Kier alpha value is -0.990. The van der Waals surface area contributed by atoms with Gasteiger partial charge in [-0.25, -0.2) is 0 Å². The molecule has 0 spiro atoms. The summed E-state index contributed by atoms with van der Waals surface area (Å²) >= 11 is 0. The first-order valence-corrected chi connectivity index (χ1v) is 3.74. The number of hydrogen-bond acceptors (Lipinski definition) is 3. The Kier molecular flexibility index (Phi) is 2.52. The quantitative estimate of drug-likeness (QED) is 0.449. The Morgan fingerprint density at radius 1 is 1.55 bits per heavy atom. The van der Waals surface area contributed by atoms with Gasteiger partial charge in [-0.05, 0) is 37.8 Å². The zero-order valence-corrected chi connectivity index (χ0v) is 6.21. The topological polar surface area (TPSA) is 63.2 Å². The van der Waals surface area contributed by atoms with Gasteiger partial charge in [-0.3, -0.25) is 0 Å². The highest BCUT2D eigenvalue weighted by Crippen LogP contribution is 2.38. The lowest BCUT2D eigenvalue weighted by atomic mass is 10.1. The van der Waals surface area contributed by atoms with Gasteiger partial charge in [0.1, 0.15) is 0 Å². The van der Waals surface area contributed by atoms with Crippen molar-refractivity contribution in [2.45, 2.75) is 25.7 Å². The maximum Gasteiger partial charge on any atom is -0.0289 e. The lowest BCUT2D eigenvalue weighted by molar-refractivity contribution is -0.415. The fourth-order valence-corrected chi connectivity index (χ4v) is 1.68. The third-order valence-corrected chi connectivity index (χ3v) is 2.16. The second-order valence-corrected chi connectivity index (χ2v) is 2.96. The van der Waals surface area contributed by atoms with Crippen molar-refractivity contribution in [3.8, 4) is 0 Å². The molecule has 2 bridgehead atoms. The number of carbonyl (C=O) groups is 1. The molecule has 0 heterocycles. The minimum Gasteiger partial charge on any atom is -0.652 e. The van der Waals surface area contributed by atoms with E-state index in [4.69, 9.17) is 15.0 Å². The van der Waals surface area contributed by atoms with Gasteiger partial charge < -0.3 is 15.0 Å². The van der Waals surface area contributed by atoms with Crippen LogP contribution < -0.4 is 10.2 Å². The maximum absolute atomic E-state index is 8.33. The molecule has 3 heteroatoms. The van der Waals surface area contributed by atoms with Gasteiger partial charge in [-0.1, -0.05) is 11.6 Å². The average Bonchev–Trinajstić information content (AvgIpc) is 2.45. The van der Waals surface area contributed by atoms with Crippen LogP contribution in [0, 0.1) is 5.92 Å². The van der Waals surface area contributed by atoms with Crippen molar-refractivity contribution in [1.29, 1.82) is 0 Å². The number of carboxylic acid groups (broad SMARTS) is 2. The monoisotopic (exact) mass is 154 g/mol. The van der Waals surface area contributed by atoms with E-state index in [9.17, 15) is 0 Å². The molecule has 2 aliphatic carbocycles. The van der Waals surface area contributed by atoms with E-state index in [2.05, 4.69) is 6.08 Å². The molecule has 0 aromatic rings. The summed E-state index contributed by atoms with van der Waals surface area (Å²) in [6, 6.07) is 0. The molecule has 2 aliphatic rings. The molecule has 0 aliphatic heterocycles. The van der Waals surface area contributed by atoms with Gasteiger partial charge in [-0.2, -0.15) is 0 Å². The van der Waals surface area contributed by atoms with Crippen molar-refractivity contribution in [1.82, 2.24) is 0 Å². The summed E-state index contributed by atoms with van der Waals surface area (Å²) in [4.78, 5) is 8.33. The van der Waals surface area contributed by atoms with Crippen molar-refractivity contribution in [2.24, 2.45) is 5.92 Å². The Bertz CT molecular complexity index is 180. The largest absolute Gasteiger partial charge is 0.652 e. The predicted octanol–water partition coefficient (Wildman–Crippen LogP) is -0.330. The molecule has 11 heavy (non-hydrogen) atoms. The zero-order valence-electron chi connectivity index (χ0n) is 6.21.